The number of fused-ring (bicyclic) bond motifs is 3. The topological polar surface area (TPSA) is 46.4 Å². The molecule has 1 amide bonds. The number of nitrogens with zero attached hydrogens (tertiary/aromatic N) is 2. The molecule has 2 heterocycles. The van der Waals surface area contributed by atoms with Crippen LogP contribution in [0.25, 0.3) is 21.8 Å². The zero-order valence-corrected chi connectivity index (χ0v) is 14.4. The molecule has 2 aromatic carbocycles. The van der Waals surface area contributed by atoms with Crippen LogP contribution in [0.5, 0.6) is 0 Å². The van der Waals surface area contributed by atoms with Crippen LogP contribution < -0.4 is 5.43 Å². The molecule has 2 aromatic heterocycles. The first-order chi connectivity index (χ1) is 12.3. The highest BCUT2D eigenvalue weighted by molar-refractivity contribution is 7.11. The number of nitrogens with one attached hydrogen (secondary N) is 1. The number of carbonyl (C=O) groups excluding carboxylic acids is 1. The normalized spacial score (nSPS) is 11.5. The molecule has 1 N–H and O–H groups in total. The van der Waals surface area contributed by atoms with Crippen molar-refractivity contribution >= 4 is 45.3 Å². The number of thiophene rings is 1. The van der Waals surface area contributed by atoms with E-state index in [0.29, 0.717) is 13.0 Å². The SMILES string of the molecule is O=C(CCn1c2ccccc2c2ccccc21)N/N=C/c1cccs1. The summed E-state index contributed by atoms with van der Waals surface area (Å²) < 4.78 is 2.20. The van der Waals surface area contributed by atoms with Crippen molar-refractivity contribution in [2.75, 3.05) is 0 Å². The number of aromatic nitrogens is 1. The number of carbonyl (C=O) groups is 1. The van der Waals surface area contributed by atoms with Gasteiger partial charge >= 0.3 is 0 Å². The Hall–Kier alpha value is -2.92. The number of amides is 1. The molecule has 4 aromatic rings. The second kappa shape index (κ2) is 6.91. The first-order valence-corrected chi connectivity index (χ1v) is 9.02. The van der Waals surface area contributed by atoms with Crippen molar-refractivity contribution < 1.29 is 4.79 Å². The third kappa shape index (κ3) is 3.19. The van der Waals surface area contributed by atoms with Gasteiger partial charge in [-0.25, -0.2) is 5.43 Å². The fraction of sp³-hybridized carbons (Fsp3) is 0.100. The lowest BCUT2D eigenvalue weighted by Crippen LogP contribution is -2.19. The van der Waals surface area contributed by atoms with Crippen LogP contribution in [0.3, 0.4) is 0 Å². The monoisotopic (exact) mass is 347 g/mol. The number of hydrogen-bond donors (Lipinski definition) is 1. The molecule has 0 spiro atoms. The Bertz CT molecular complexity index is 994. The molecule has 0 atom stereocenters. The lowest BCUT2D eigenvalue weighted by molar-refractivity contribution is -0.121. The highest BCUT2D eigenvalue weighted by Gasteiger charge is 2.10. The maximum Gasteiger partial charge on any atom is 0.241 e. The van der Waals surface area contributed by atoms with E-state index >= 15 is 0 Å². The molecule has 0 aliphatic heterocycles. The van der Waals surface area contributed by atoms with E-state index < -0.39 is 0 Å². The van der Waals surface area contributed by atoms with E-state index in [2.05, 4.69) is 39.4 Å². The second-order valence-electron chi connectivity index (χ2n) is 5.74. The van der Waals surface area contributed by atoms with Crippen LogP contribution in [-0.2, 0) is 11.3 Å². The van der Waals surface area contributed by atoms with E-state index in [1.807, 2.05) is 41.8 Å². The van der Waals surface area contributed by atoms with Crippen molar-refractivity contribution in [1.82, 2.24) is 9.99 Å². The number of hydrazone groups is 1. The summed E-state index contributed by atoms with van der Waals surface area (Å²) in [6.45, 7) is 0.619. The Balaban J connectivity index is 1.51. The Morgan fingerprint density at radius 2 is 1.68 bits per heavy atom. The van der Waals surface area contributed by atoms with Gasteiger partial charge in [-0.2, -0.15) is 5.10 Å². The van der Waals surface area contributed by atoms with E-state index in [-0.39, 0.29) is 5.91 Å². The summed E-state index contributed by atoms with van der Waals surface area (Å²) in [7, 11) is 0. The summed E-state index contributed by atoms with van der Waals surface area (Å²) in [4.78, 5) is 13.1. The van der Waals surface area contributed by atoms with Crippen molar-refractivity contribution in [3.63, 3.8) is 0 Å². The molecule has 0 aliphatic rings. The molecule has 0 saturated carbocycles. The molecule has 4 nitrogen and oxygen atoms in total. The van der Waals surface area contributed by atoms with E-state index in [0.717, 1.165) is 15.9 Å². The Morgan fingerprint density at radius 3 is 2.32 bits per heavy atom. The summed E-state index contributed by atoms with van der Waals surface area (Å²) in [6, 6.07) is 20.5. The summed E-state index contributed by atoms with van der Waals surface area (Å²) in [5.41, 5.74) is 4.91. The van der Waals surface area contributed by atoms with E-state index in [4.69, 9.17) is 0 Å². The van der Waals surface area contributed by atoms with Gasteiger partial charge in [-0.05, 0) is 23.6 Å². The zero-order valence-electron chi connectivity index (χ0n) is 13.6. The maximum atomic E-state index is 12.1. The summed E-state index contributed by atoms with van der Waals surface area (Å²) in [5.74, 6) is -0.0883. The number of hydrogen-bond acceptors (Lipinski definition) is 3. The van der Waals surface area contributed by atoms with Gasteiger partial charge < -0.3 is 4.57 Å². The molecular formula is C20H17N3OS. The van der Waals surface area contributed by atoms with Crippen LogP contribution >= 0.6 is 11.3 Å². The minimum absolute atomic E-state index is 0.0883. The molecule has 0 bridgehead atoms. The van der Waals surface area contributed by atoms with Crippen molar-refractivity contribution in [1.29, 1.82) is 0 Å². The number of aryl methyl sites for hydroxylation is 1. The van der Waals surface area contributed by atoms with Crippen molar-refractivity contribution in [2.24, 2.45) is 5.10 Å². The van der Waals surface area contributed by atoms with Gasteiger partial charge in [0.1, 0.15) is 0 Å². The number of para-hydroxylation sites is 2. The molecule has 4 rings (SSSR count). The van der Waals surface area contributed by atoms with Crippen molar-refractivity contribution in [2.45, 2.75) is 13.0 Å². The molecular weight excluding hydrogens is 330 g/mol. The molecule has 0 aliphatic carbocycles. The summed E-state index contributed by atoms with van der Waals surface area (Å²) in [6.07, 6.45) is 2.05. The minimum Gasteiger partial charge on any atom is -0.340 e. The van der Waals surface area contributed by atoms with Crippen LogP contribution in [0, 0.1) is 0 Å². The zero-order chi connectivity index (χ0) is 17.1. The molecule has 0 unspecified atom stereocenters. The largest absolute Gasteiger partial charge is 0.340 e. The third-order valence-corrected chi connectivity index (χ3v) is 4.97. The van der Waals surface area contributed by atoms with E-state index in [1.54, 1.807) is 17.6 Å². The van der Waals surface area contributed by atoms with Gasteiger partial charge in [-0.1, -0.05) is 42.5 Å². The van der Waals surface area contributed by atoms with Crippen LogP contribution in [0.1, 0.15) is 11.3 Å². The van der Waals surface area contributed by atoms with Gasteiger partial charge in [0, 0.05) is 39.6 Å². The van der Waals surface area contributed by atoms with Crippen LogP contribution in [0.2, 0.25) is 0 Å². The average Bonchev–Trinajstić information content (AvgIpc) is 3.26. The van der Waals surface area contributed by atoms with Gasteiger partial charge in [0.25, 0.3) is 0 Å². The van der Waals surface area contributed by atoms with Gasteiger partial charge in [0.15, 0.2) is 0 Å². The fourth-order valence-corrected chi connectivity index (χ4v) is 3.63. The molecule has 0 fully saturated rings. The highest BCUT2D eigenvalue weighted by Crippen LogP contribution is 2.28. The molecule has 124 valence electrons. The molecule has 25 heavy (non-hydrogen) atoms. The predicted molar refractivity (Wildman–Crippen MR) is 104 cm³/mol. The van der Waals surface area contributed by atoms with Gasteiger partial charge in [-0.3, -0.25) is 4.79 Å². The lowest BCUT2D eigenvalue weighted by Gasteiger charge is -2.06. The fourth-order valence-electron chi connectivity index (χ4n) is 3.05. The van der Waals surface area contributed by atoms with Gasteiger partial charge in [0.05, 0.1) is 6.21 Å². The van der Waals surface area contributed by atoms with Crippen molar-refractivity contribution in [3.05, 3.63) is 70.9 Å². The molecule has 0 saturated heterocycles. The quantitative estimate of drug-likeness (QED) is 0.422. The first-order valence-electron chi connectivity index (χ1n) is 8.14. The van der Waals surface area contributed by atoms with Crippen molar-refractivity contribution in [3.8, 4) is 0 Å². The molecule has 5 heteroatoms. The van der Waals surface area contributed by atoms with Gasteiger partial charge in [-0.15, -0.1) is 11.3 Å². The minimum atomic E-state index is -0.0883. The Kier molecular flexibility index (Phi) is 4.31. The summed E-state index contributed by atoms with van der Waals surface area (Å²) >= 11 is 1.58. The van der Waals surface area contributed by atoms with E-state index in [9.17, 15) is 4.79 Å². The van der Waals surface area contributed by atoms with E-state index in [1.165, 1.54) is 10.8 Å². The van der Waals surface area contributed by atoms with Crippen LogP contribution in [0.4, 0.5) is 0 Å². The van der Waals surface area contributed by atoms with Crippen LogP contribution in [-0.4, -0.2) is 16.7 Å². The number of rotatable bonds is 5. The van der Waals surface area contributed by atoms with Crippen LogP contribution in [0.15, 0.2) is 71.1 Å². The average molecular weight is 347 g/mol. The Morgan fingerprint density at radius 1 is 1.00 bits per heavy atom. The lowest BCUT2D eigenvalue weighted by atomic mass is 10.2. The smallest absolute Gasteiger partial charge is 0.241 e. The standard InChI is InChI=1S/C20H17N3OS/c24-20(22-21-14-15-6-5-13-25-15)11-12-23-18-9-3-1-7-16(18)17-8-2-4-10-19(17)23/h1-10,13-14H,11-12H2,(H,22,24)/b21-14+. The number of benzene rings is 2. The predicted octanol–water partition coefficient (Wildman–Crippen LogP) is 4.40. The maximum absolute atomic E-state index is 12.1. The first kappa shape index (κ1) is 15.6. The Labute approximate surface area is 149 Å². The second-order valence-corrected chi connectivity index (χ2v) is 6.72. The van der Waals surface area contributed by atoms with Gasteiger partial charge in [0.2, 0.25) is 5.91 Å². The highest BCUT2D eigenvalue weighted by atomic mass is 32.1. The summed E-state index contributed by atoms with van der Waals surface area (Å²) in [5, 5.41) is 8.43. The molecule has 0 radical (unpaired) electrons. The third-order valence-electron chi connectivity index (χ3n) is 4.17.